The normalized spacial score (nSPS) is 13.4. The highest BCUT2D eigenvalue weighted by molar-refractivity contribution is 4.64. The molecule has 1 unspecified atom stereocenters. The Bertz CT molecular complexity index is 229. The molecule has 0 aromatic heterocycles. The fourth-order valence-corrected chi connectivity index (χ4v) is 3.23. The molecule has 0 saturated carbocycles. The first-order valence-electron chi connectivity index (χ1n) is 10.6. The van der Waals surface area contributed by atoms with Crippen LogP contribution in [0.1, 0.15) is 130 Å². The molecule has 23 heavy (non-hydrogen) atoms. The second-order valence-corrected chi connectivity index (χ2v) is 8.78. The summed E-state index contributed by atoms with van der Waals surface area (Å²) in [5.41, 5.74) is 0.412. The zero-order valence-corrected chi connectivity index (χ0v) is 16.8. The molecule has 1 N–H and O–H groups in total. The monoisotopic (exact) mass is 326 g/mol. The van der Waals surface area contributed by atoms with Crippen LogP contribution in [0, 0.1) is 5.41 Å². The van der Waals surface area contributed by atoms with E-state index >= 15 is 0 Å². The average molecular weight is 327 g/mol. The lowest BCUT2D eigenvalue weighted by Crippen LogP contribution is -2.10. The van der Waals surface area contributed by atoms with Crippen LogP contribution in [0.25, 0.3) is 0 Å². The summed E-state index contributed by atoms with van der Waals surface area (Å²) in [5, 5.41) is 10.0. The number of aliphatic hydroxyl groups excluding tert-OH is 1. The van der Waals surface area contributed by atoms with Gasteiger partial charge in [-0.3, -0.25) is 0 Å². The summed E-state index contributed by atoms with van der Waals surface area (Å²) < 4.78 is 0. The van der Waals surface area contributed by atoms with Gasteiger partial charge in [0.1, 0.15) is 0 Å². The number of aliphatic hydroxyl groups is 1. The summed E-state index contributed by atoms with van der Waals surface area (Å²) in [7, 11) is 0. The van der Waals surface area contributed by atoms with Crippen molar-refractivity contribution in [3.63, 3.8) is 0 Å². The fourth-order valence-electron chi connectivity index (χ4n) is 3.23. The third-order valence-corrected chi connectivity index (χ3v) is 4.86. The van der Waals surface area contributed by atoms with Crippen LogP contribution in [0.2, 0.25) is 0 Å². The number of unbranched alkanes of at least 4 members (excludes halogenated alkanes) is 11. The predicted octanol–water partition coefficient (Wildman–Crippen LogP) is 7.65. The van der Waals surface area contributed by atoms with Gasteiger partial charge in [0.2, 0.25) is 0 Å². The minimum atomic E-state index is -0.0551. The maximum Gasteiger partial charge on any atom is 0.0540 e. The highest BCUT2D eigenvalue weighted by Crippen LogP contribution is 2.23. The SMILES string of the molecule is CCCCCCCCCCCCCCC(O)CCCC(C)(C)C. The third-order valence-electron chi connectivity index (χ3n) is 4.86. The van der Waals surface area contributed by atoms with E-state index in [-0.39, 0.29) is 6.10 Å². The van der Waals surface area contributed by atoms with Crippen molar-refractivity contribution in [3.8, 4) is 0 Å². The second kappa shape index (κ2) is 15.5. The molecule has 0 radical (unpaired) electrons. The van der Waals surface area contributed by atoms with Crippen molar-refractivity contribution < 1.29 is 5.11 Å². The molecule has 0 aromatic carbocycles. The van der Waals surface area contributed by atoms with Crippen LogP contribution in [0.3, 0.4) is 0 Å². The Morgan fingerprint density at radius 1 is 0.609 bits per heavy atom. The molecular weight excluding hydrogens is 280 g/mol. The quantitative estimate of drug-likeness (QED) is 0.289. The Balaban J connectivity index is 3.17. The van der Waals surface area contributed by atoms with E-state index < -0.39 is 0 Å². The molecule has 0 rings (SSSR count). The van der Waals surface area contributed by atoms with E-state index in [0.29, 0.717) is 5.41 Å². The molecule has 0 saturated heterocycles. The molecule has 1 heteroatoms. The third kappa shape index (κ3) is 19.9. The minimum Gasteiger partial charge on any atom is -0.393 e. The zero-order valence-electron chi connectivity index (χ0n) is 16.8. The molecule has 0 aliphatic rings. The van der Waals surface area contributed by atoms with Gasteiger partial charge < -0.3 is 5.11 Å². The van der Waals surface area contributed by atoms with Crippen molar-refractivity contribution in [2.45, 2.75) is 137 Å². The lowest BCUT2D eigenvalue weighted by Gasteiger charge is -2.19. The van der Waals surface area contributed by atoms with E-state index in [1.807, 2.05) is 0 Å². The Morgan fingerprint density at radius 2 is 1.00 bits per heavy atom. The first-order chi connectivity index (χ1) is 11.0. The lowest BCUT2D eigenvalue weighted by atomic mass is 9.89. The van der Waals surface area contributed by atoms with E-state index in [1.165, 1.54) is 89.9 Å². The van der Waals surface area contributed by atoms with Crippen LogP contribution in [0.5, 0.6) is 0 Å². The molecule has 1 atom stereocenters. The van der Waals surface area contributed by atoms with Crippen LogP contribution in [-0.4, -0.2) is 11.2 Å². The molecule has 140 valence electrons. The van der Waals surface area contributed by atoms with E-state index in [0.717, 1.165) is 12.8 Å². The Morgan fingerprint density at radius 3 is 1.43 bits per heavy atom. The van der Waals surface area contributed by atoms with Gasteiger partial charge in [0.15, 0.2) is 0 Å². The zero-order chi connectivity index (χ0) is 17.4. The van der Waals surface area contributed by atoms with Gasteiger partial charge in [0, 0.05) is 0 Å². The molecule has 1 nitrogen and oxygen atoms in total. The van der Waals surface area contributed by atoms with Crippen LogP contribution >= 0.6 is 0 Å². The smallest absolute Gasteiger partial charge is 0.0540 e. The van der Waals surface area contributed by atoms with E-state index in [2.05, 4.69) is 27.7 Å². The van der Waals surface area contributed by atoms with Crippen molar-refractivity contribution in [1.82, 2.24) is 0 Å². The van der Waals surface area contributed by atoms with E-state index in [1.54, 1.807) is 0 Å². The summed E-state index contributed by atoms with van der Waals surface area (Å²) in [6.07, 6.45) is 21.0. The van der Waals surface area contributed by atoms with Gasteiger partial charge in [-0.15, -0.1) is 0 Å². The van der Waals surface area contributed by atoms with Crippen molar-refractivity contribution >= 4 is 0 Å². The molecular formula is C22H46O. The van der Waals surface area contributed by atoms with E-state index in [4.69, 9.17) is 0 Å². The van der Waals surface area contributed by atoms with Crippen molar-refractivity contribution in [3.05, 3.63) is 0 Å². The molecule has 0 heterocycles. The number of rotatable bonds is 16. The summed E-state index contributed by atoms with van der Waals surface area (Å²) >= 11 is 0. The van der Waals surface area contributed by atoms with Crippen molar-refractivity contribution in [2.24, 2.45) is 5.41 Å². The Hall–Kier alpha value is -0.0400. The van der Waals surface area contributed by atoms with Crippen molar-refractivity contribution in [2.75, 3.05) is 0 Å². The summed E-state index contributed by atoms with van der Waals surface area (Å²) in [6.45, 7) is 9.13. The summed E-state index contributed by atoms with van der Waals surface area (Å²) in [6, 6.07) is 0. The molecule has 0 aromatic rings. The van der Waals surface area contributed by atoms with Gasteiger partial charge >= 0.3 is 0 Å². The number of hydrogen-bond acceptors (Lipinski definition) is 1. The Kier molecular flexibility index (Phi) is 15.5. The summed E-state index contributed by atoms with van der Waals surface area (Å²) in [4.78, 5) is 0. The minimum absolute atomic E-state index is 0.0551. The van der Waals surface area contributed by atoms with Crippen LogP contribution in [-0.2, 0) is 0 Å². The molecule has 0 aliphatic heterocycles. The largest absolute Gasteiger partial charge is 0.393 e. The molecule has 0 amide bonds. The maximum atomic E-state index is 10.0. The second-order valence-electron chi connectivity index (χ2n) is 8.78. The first-order valence-corrected chi connectivity index (χ1v) is 10.6. The van der Waals surface area contributed by atoms with Gasteiger partial charge in [-0.05, 0) is 24.7 Å². The average Bonchev–Trinajstić information content (AvgIpc) is 2.47. The van der Waals surface area contributed by atoms with Gasteiger partial charge in [-0.2, -0.15) is 0 Å². The van der Waals surface area contributed by atoms with Gasteiger partial charge in [0.05, 0.1) is 6.10 Å². The first kappa shape index (κ1) is 23.0. The fraction of sp³-hybridized carbons (Fsp3) is 1.00. The standard InChI is InChI=1S/C22H46O/c1-5-6-7-8-9-10-11-12-13-14-15-16-18-21(23)19-17-20-22(2,3)4/h21,23H,5-20H2,1-4H3. The maximum absolute atomic E-state index is 10.0. The highest BCUT2D eigenvalue weighted by Gasteiger charge is 2.11. The van der Waals surface area contributed by atoms with E-state index in [9.17, 15) is 5.11 Å². The molecule has 0 fully saturated rings. The molecule has 0 aliphatic carbocycles. The summed E-state index contributed by atoms with van der Waals surface area (Å²) in [5.74, 6) is 0. The lowest BCUT2D eigenvalue weighted by molar-refractivity contribution is 0.142. The van der Waals surface area contributed by atoms with Crippen LogP contribution in [0.4, 0.5) is 0 Å². The van der Waals surface area contributed by atoms with Crippen molar-refractivity contribution in [1.29, 1.82) is 0 Å². The van der Waals surface area contributed by atoms with Gasteiger partial charge in [-0.25, -0.2) is 0 Å². The highest BCUT2D eigenvalue weighted by atomic mass is 16.3. The molecule has 0 spiro atoms. The Labute approximate surface area is 147 Å². The number of hydrogen-bond donors (Lipinski definition) is 1. The van der Waals surface area contributed by atoms with Gasteiger partial charge in [0.25, 0.3) is 0 Å². The molecule has 0 bridgehead atoms. The van der Waals surface area contributed by atoms with Gasteiger partial charge in [-0.1, -0.05) is 111 Å². The van der Waals surface area contributed by atoms with Crippen LogP contribution < -0.4 is 0 Å². The predicted molar refractivity (Wildman–Crippen MR) is 105 cm³/mol. The van der Waals surface area contributed by atoms with Crippen LogP contribution in [0.15, 0.2) is 0 Å². The topological polar surface area (TPSA) is 20.2 Å².